The van der Waals surface area contributed by atoms with E-state index in [2.05, 4.69) is 16.9 Å². The van der Waals surface area contributed by atoms with Gasteiger partial charge in [-0.3, -0.25) is 4.79 Å². The van der Waals surface area contributed by atoms with Crippen LogP contribution in [0, 0.1) is 6.92 Å². The minimum Gasteiger partial charge on any atom is -0.332 e. The van der Waals surface area contributed by atoms with E-state index in [9.17, 15) is 4.79 Å². The van der Waals surface area contributed by atoms with Crippen LogP contribution in [0.15, 0.2) is 17.1 Å². The molecule has 1 N–H and O–H groups in total. The molecule has 0 bridgehead atoms. The van der Waals surface area contributed by atoms with Crippen molar-refractivity contribution in [2.75, 3.05) is 0 Å². The first-order valence-electron chi connectivity index (χ1n) is 4.78. The van der Waals surface area contributed by atoms with Crippen LogP contribution in [-0.4, -0.2) is 14.5 Å². The van der Waals surface area contributed by atoms with Crippen molar-refractivity contribution >= 4 is 11.0 Å². The van der Waals surface area contributed by atoms with E-state index in [0.29, 0.717) is 11.2 Å². The maximum Gasteiger partial charge on any atom is 0.260 e. The van der Waals surface area contributed by atoms with Crippen LogP contribution in [0.3, 0.4) is 0 Å². The first-order chi connectivity index (χ1) is 6.72. The Hall–Kier alpha value is -1.58. The smallest absolute Gasteiger partial charge is 0.260 e. The standard InChI is InChI=1S/C10H13N3O/c1-3-5-13-6-4-8-9(13)11-7(2)12-10(8)14/h4,6H,3,5H2,1-2H3,(H,11,12,14). The Kier molecular flexibility index (Phi) is 2.11. The van der Waals surface area contributed by atoms with Crippen LogP contribution in [0.25, 0.3) is 11.0 Å². The van der Waals surface area contributed by atoms with Gasteiger partial charge in [0, 0.05) is 12.7 Å². The number of aryl methyl sites for hydroxylation is 2. The van der Waals surface area contributed by atoms with Crippen molar-refractivity contribution in [3.63, 3.8) is 0 Å². The van der Waals surface area contributed by atoms with Gasteiger partial charge in [-0.2, -0.15) is 0 Å². The molecule has 0 aliphatic rings. The number of nitrogens with one attached hydrogen (secondary N) is 1. The maximum atomic E-state index is 11.5. The summed E-state index contributed by atoms with van der Waals surface area (Å²) in [7, 11) is 0. The zero-order valence-corrected chi connectivity index (χ0v) is 8.37. The molecule has 14 heavy (non-hydrogen) atoms. The number of hydrogen-bond donors (Lipinski definition) is 1. The molecule has 0 fully saturated rings. The van der Waals surface area contributed by atoms with Gasteiger partial charge in [0.05, 0.1) is 5.39 Å². The number of fused-ring (bicyclic) bond motifs is 1. The third kappa shape index (κ3) is 1.32. The van der Waals surface area contributed by atoms with Gasteiger partial charge < -0.3 is 9.55 Å². The van der Waals surface area contributed by atoms with Gasteiger partial charge in [-0.1, -0.05) is 6.92 Å². The van der Waals surface area contributed by atoms with Crippen molar-refractivity contribution in [1.82, 2.24) is 14.5 Å². The highest BCUT2D eigenvalue weighted by molar-refractivity contribution is 5.74. The molecule has 0 aliphatic carbocycles. The van der Waals surface area contributed by atoms with Crippen LogP contribution < -0.4 is 5.56 Å². The lowest BCUT2D eigenvalue weighted by atomic mass is 10.4. The Morgan fingerprint density at radius 2 is 2.36 bits per heavy atom. The highest BCUT2D eigenvalue weighted by Gasteiger charge is 2.05. The van der Waals surface area contributed by atoms with Crippen LogP contribution in [-0.2, 0) is 6.54 Å². The summed E-state index contributed by atoms with van der Waals surface area (Å²) in [6.07, 6.45) is 2.95. The van der Waals surface area contributed by atoms with E-state index in [1.54, 1.807) is 6.92 Å². The molecule has 0 atom stereocenters. The second-order valence-electron chi connectivity index (χ2n) is 3.40. The van der Waals surface area contributed by atoms with Gasteiger partial charge in [0.15, 0.2) is 0 Å². The zero-order valence-electron chi connectivity index (χ0n) is 8.37. The first kappa shape index (κ1) is 8.99. The summed E-state index contributed by atoms with van der Waals surface area (Å²) >= 11 is 0. The molecule has 0 aliphatic heterocycles. The molecule has 2 heterocycles. The molecule has 4 heteroatoms. The molecular formula is C10H13N3O. The van der Waals surface area contributed by atoms with Crippen LogP contribution in [0.5, 0.6) is 0 Å². The van der Waals surface area contributed by atoms with Gasteiger partial charge in [0.25, 0.3) is 5.56 Å². The maximum absolute atomic E-state index is 11.5. The second-order valence-corrected chi connectivity index (χ2v) is 3.40. The van der Waals surface area contributed by atoms with Crippen molar-refractivity contribution in [1.29, 1.82) is 0 Å². The van der Waals surface area contributed by atoms with E-state index in [1.165, 1.54) is 0 Å². The summed E-state index contributed by atoms with van der Waals surface area (Å²) in [5.41, 5.74) is 0.732. The van der Waals surface area contributed by atoms with Crippen molar-refractivity contribution in [2.45, 2.75) is 26.8 Å². The van der Waals surface area contributed by atoms with Crippen molar-refractivity contribution in [3.8, 4) is 0 Å². The summed E-state index contributed by atoms with van der Waals surface area (Å²) in [5.74, 6) is 0.665. The predicted molar refractivity (Wildman–Crippen MR) is 55.4 cm³/mol. The van der Waals surface area contributed by atoms with Gasteiger partial charge >= 0.3 is 0 Å². The summed E-state index contributed by atoms with van der Waals surface area (Å²) in [4.78, 5) is 18.5. The van der Waals surface area contributed by atoms with Gasteiger partial charge in [0.2, 0.25) is 0 Å². The van der Waals surface area contributed by atoms with E-state index in [1.807, 2.05) is 16.8 Å². The molecule has 0 saturated heterocycles. The van der Waals surface area contributed by atoms with Crippen molar-refractivity contribution in [3.05, 3.63) is 28.4 Å². The van der Waals surface area contributed by atoms with E-state index >= 15 is 0 Å². The Morgan fingerprint density at radius 3 is 3.07 bits per heavy atom. The van der Waals surface area contributed by atoms with Crippen LogP contribution >= 0.6 is 0 Å². The quantitative estimate of drug-likeness (QED) is 0.781. The van der Waals surface area contributed by atoms with Crippen LogP contribution in [0.2, 0.25) is 0 Å². The Bertz CT molecular complexity index is 510. The molecule has 0 amide bonds. The minimum atomic E-state index is -0.0534. The van der Waals surface area contributed by atoms with E-state index < -0.39 is 0 Å². The zero-order chi connectivity index (χ0) is 10.1. The van der Waals surface area contributed by atoms with Crippen LogP contribution in [0.1, 0.15) is 19.2 Å². The second kappa shape index (κ2) is 3.29. The summed E-state index contributed by atoms with van der Waals surface area (Å²) < 4.78 is 2.01. The number of hydrogen-bond acceptors (Lipinski definition) is 2. The van der Waals surface area contributed by atoms with E-state index in [-0.39, 0.29) is 5.56 Å². The SMILES string of the molecule is CCCn1ccc2c(=O)[nH]c(C)nc21. The fourth-order valence-corrected chi connectivity index (χ4v) is 1.61. The Balaban J connectivity index is 2.72. The summed E-state index contributed by atoms with van der Waals surface area (Å²) in [6.45, 7) is 4.80. The molecule has 74 valence electrons. The molecule has 0 radical (unpaired) electrons. The summed E-state index contributed by atoms with van der Waals surface area (Å²) in [5, 5.41) is 0.670. The Labute approximate surface area is 81.6 Å². The minimum absolute atomic E-state index is 0.0534. The third-order valence-electron chi connectivity index (χ3n) is 2.21. The molecule has 0 unspecified atom stereocenters. The topological polar surface area (TPSA) is 50.7 Å². The van der Waals surface area contributed by atoms with Gasteiger partial charge in [-0.05, 0) is 19.4 Å². The molecular weight excluding hydrogens is 178 g/mol. The monoisotopic (exact) mass is 191 g/mol. The highest BCUT2D eigenvalue weighted by atomic mass is 16.1. The number of H-pyrrole nitrogens is 1. The van der Waals surface area contributed by atoms with Crippen LogP contribution in [0.4, 0.5) is 0 Å². The van der Waals surface area contributed by atoms with E-state index in [4.69, 9.17) is 0 Å². The molecule has 0 saturated carbocycles. The molecule has 2 rings (SSSR count). The van der Waals surface area contributed by atoms with Gasteiger partial charge in [-0.25, -0.2) is 4.98 Å². The average Bonchev–Trinajstić information content (AvgIpc) is 2.49. The van der Waals surface area contributed by atoms with Crippen molar-refractivity contribution < 1.29 is 0 Å². The highest BCUT2D eigenvalue weighted by Crippen LogP contribution is 2.09. The van der Waals surface area contributed by atoms with Gasteiger partial charge in [-0.15, -0.1) is 0 Å². The van der Waals surface area contributed by atoms with Crippen molar-refractivity contribution in [2.24, 2.45) is 0 Å². The lowest BCUT2D eigenvalue weighted by molar-refractivity contribution is 0.696. The van der Waals surface area contributed by atoms with E-state index in [0.717, 1.165) is 18.6 Å². The lowest BCUT2D eigenvalue weighted by Crippen LogP contribution is -2.10. The fraction of sp³-hybridized carbons (Fsp3) is 0.400. The summed E-state index contributed by atoms with van der Waals surface area (Å²) in [6, 6.07) is 1.82. The third-order valence-corrected chi connectivity index (χ3v) is 2.21. The average molecular weight is 191 g/mol. The molecule has 0 aromatic carbocycles. The largest absolute Gasteiger partial charge is 0.332 e. The molecule has 2 aromatic heterocycles. The number of nitrogens with zero attached hydrogens (tertiary/aromatic N) is 2. The molecule has 2 aromatic rings. The number of aromatic amines is 1. The van der Waals surface area contributed by atoms with Gasteiger partial charge in [0.1, 0.15) is 11.5 Å². The Morgan fingerprint density at radius 1 is 1.57 bits per heavy atom. The molecule has 0 spiro atoms. The fourth-order valence-electron chi connectivity index (χ4n) is 1.61. The molecule has 4 nitrogen and oxygen atoms in total. The first-order valence-corrected chi connectivity index (χ1v) is 4.78. The number of aromatic nitrogens is 3. The predicted octanol–water partition coefficient (Wildman–Crippen LogP) is 1.44. The number of rotatable bonds is 2. The lowest BCUT2D eigenvalue weighted by Gasteiger charge is -2.01. The normalized spacial score (nSPS) is 11.0.